The van der Waals surface area contributed by atoms with E-state index in [1.54, 1.807) is 18.5 Å². The number of rotatable bonds is 3. The molecule has 78 valence electrons. The molecule has 16 heavy (non-hydrogen) atoms. The SMILES string of the molecule is O=CC=C(c1ccccc1)c1ccncc1. The van der Waals surface area contributed by atoms with Crippen LogP contribution in [0.3, 0.4) is 0 Å². The highest BCUT2D eigenvalue weighted by Gasteiger charge is 2.02. The monoisotopic (exact) mass is 209 g/mol. The summed E-state index contributed by atoms with van der Waals surface area (Å²) in [5, 5.41) is 0. The van der Waals surface area contributed by atoms with Gasteiger partial charge in [0.2, 0.25) is 0 Å². The molecule has 2 nitrogen and oxygen atoms in total. The molecule has 2 aromatic rings. The highest BCUT2D eigenvalue weighted by molar-refractivity contribution is 5.89. The van der Waals surface area contributed by atoms with Crippen LogP contribution in [0, 0.1) is 0 Å². The Kier molecular flexibility index (Phi) is 3.24. The topological polar surface area (TPSA) is 30.0 Å². The maximum Gasteiger partial charge on any atom is 0.143 e. The minimum absolute atomic E-state index is 0.808. The lowest BCUT2D eigenvalue weighted by atomic mass is 9.99. The Labute approximate surface area is 94.3 Å². The molecule has 0 N–H and O–H groups in total. The van der Waals surface area contributed by atoms with Crippen LogP contribution in [0.1, 0.15) is 11.1 Å². The van der Waals surface area contributed by atoms with Crippen LogP contribution in [0.15, 0.2) is 60.9 Å². The molecule has 2 heteroatoms. The molecule has 0 radical (unpaired) electrons. The summed E-state index contributed by atoms with van der Waals surface area (Å²) < 4.78 is 0. The zero-order valence-electron chi connectivity index (χ0n) is 8.71. The smallest absolute Gasteiger partial charge is 0.143 e. The van der Waals surface area contributed by atoms with Crippen molar-refractivity contribution < 1.29 is 4.79 Å². The first-order valence-corrected chi connectivity index (χ1v) is 5.03. The van der Waals surface area contributed by atoms with E-state index in [0.717, 1.165) is 23.0 Å². The van der Waals surface area contributed by atoms with Crippen molar-refractivity contribution in [1.82, 2.24) is 4.98 Å². The molecule has 0 atom stereocenters. The van der Waals surface area contributed by atoms with Crippen molar-refractivity contribution in [3.8, 4) is 0 Å². The number of aromatic nitrogens is 1. The Bertz CT molecular complexity index is 447. The minimum atomic E-state index is 0.808. The standard InChI is InChI=1S/C14H11NO/c16-11-8-14(12-4-2-1-3-5-12)13-6-9-15-10-7-13/h1-11H. The molecule has 0 unspecified atom stereocenters. The van der Waals surface area contributed by atoms with E-state index in [2.05, 4.69) is 4.98 Å². The molecular weight excluding hydrogens is 198 g/mol. The summed E-state index contributed by atoms with van der Waals surface area (Å²) in [6, 6.07) is 13.6. The average molecular weight is 209 g/mol. The third-order valence-electron chi connectivity index (χ3n) is 2.31. The lowest BCUT2D eigenvalue weighted by molar-refractivity contribution is -0.104. The number of carbonyl (C=O) groups excluding carboxylic acids is 1. The summed E-state index contributed by atoms with van der Waals surface area (Å²) in [5.41, 5.74) is 2.94. The lowest BCUT2D eigenvalue weighted by Gasteiger charge is -2.06. The van der Waals surface area contributed by atoms with Crippen molar-refractivity contribution in [2.45, 2.75) is 0 Å². The molecule has 0 bridgehead atoms. The van der Waals surface area contributed by atoms with Crippen LogP contribution in [0.2, 0.25) is 0 Å². The van der Waals surface area contributed by atoms with Crippen LogP contribution in [0.4, 0.5) is 0 Å². The van der Waals surface area contributed by atoms with E-state index in [4.69, 9.17) is 0 Å². The van der Waals surface area contributed by atoms with Crippen molar-refractivity contribution in [3.05, 3.63) is 72.1 Å². The number of hydrogen-bond acceptors (Lipinski definition) is 2. The largest absolute Gasteiger partial charge is 0.299 e. The maximum absolute atomic E-state index is 10.7. The van der Waals surface area contributed by atoms with Crippen LogP contribution in [0.25, 0.3) is 5.57 Å². The maximum atomic E-state index is 10.7. The second kappa shape index (κ2) is 5.03. The van der Waals surface area contributed by atoms with E-state index < -0.39 is 0 Å². The molecule has 1 aromatic carbocycles. The third-order valence-corrected chi connectivity index (χ3v) is 2.31. The van der Waals surface area contributed by atoms with E-state index in [1.807, 2.05) is 42.5 Å². The average Bonchev–Trinajstić information content (AvgIpc) is 2.38. The van der Waals surface area contributed by atoms with Gasteiger partial charge in [-0.25, -0.2) is 0 Å². The number of hydrogen-bond donors (Lipinski definition) is 0. The first-order chi connectivity index (χ1) is 7.92. The van der Waals surface area contributed by atoms with E-state index >= 15 is 0 Å². The molecular formula is C14H11NO. The summed E-state index contributed by atoms with van der Waals surface area (Å²) in [7, 11) is 0. The van der Waals surface area contributed by atoms with Crippen LogP contribution >= 0.6 is 0 Å². The molecule has 0 aliphatic heterocycles. The number of nitrogens with zero attached hydrogens (tertiary/aromatic N) is 1. The van der Waals surface area contributed by atoms with Gasteiger partial charge in [0.25, 0.3) is 0 Å². The lowest BCUT2D eigenvalue weighted by Crippen LogP contribution is -1.88. The van der Waals surface area contributed by atoms with Crippen molar-refractivity contribution in [2.75, 3.05) is 0 Å². The summed E-state index contributed by atoms with van der Waals surface area (Å²) in [6.07, 6.45) is 5.82. The fourth-order valence-corrected chi connectivity index (χ4v) is 1.58. The Morgan fingerprint density at radius 1 is 0.938 bits per heavy atom. The summed E-state index contributed by atoms with van der Waals surface area (Å²) in [6.45, 7) is 0. The van der Waals surface area contributed by atoms with Crippen molar-refractivity contribution in [2.24, 2.45) is 0 Å². The number of carbonyl (C=O) groups is 1. The second-order valence-electron chi connectivity index (χ2n) is 3.32. The van der Waals surface area contributed by atoms with Gasteiger partial charge in [-0.15, -0.1) is 0 Å². The van der Waals surface area contributed by atoms with Gasteiger partial charge in [-0.05, 0) is 34.9 Å². The number of aldehydes is 1. The zero-order chi connectivity index (χ0) is 11.2. The van der Waals surface area contributed by atoms with Gasteiger partial charge in [0, 0.05) is 12.4 Å². The predicted octanol–water partition coefficient (Wildman–Crippen LogP) is 2.71. The van der Waals surface area contributed by atoms with Crippen LogP contribution in [0.5, 0.6) is 0 Å². The van der Waals surface area contributed by atoms with Crippen molar-refractivity contribution >= 4 is 11.9 Å². The highest BCUT2D eigenvalue weighted by Crippen LogP contribution is 2.21. The highest BCUT2D eigenvalue weighted by atomic mass is 16.1. The summed E-state index contributed by atoms with van der Waals surface area (Å²) in [4.78, 5) is 14.6. The quantitative estimate of drug-likeness (QED) is 0.574. The van der Waals surface area contributed by atoms with Gasteiger partial charge in [-0.3, -0.25) is 9.78 Å². The molecule has 0 aliphatic rings. The first-order valence-electron chi connectivity index (χ1n) is 5.03. The molecule has 0 saturated heterocycles. The molecule has 0 amide bonds. The van der Waals surface area contributed by atoms with Crippen LogP contribution in [-0.2, 0) is 4.79 Å². The zero-order valence-corrected chi connectivity index (χ0v) is 8.71. The first kappa shape index (κ1) is 10.3. The van der Waals surface area contributed by atoms with Gasteiger partial charge < -0.3 is 0 Å². The van der Waals surface area contributed by atoms with E-state index in [0.29, 0.717) is 0 Å². The Balaban J connectivity index is 2.48. The Morgan fingerprint density at radius 2 is 1.56 bits per heavy atom. The summed E-state index contributed by atoms with van der Waals surface area (Å²) >= 11 is 0. The van der Waals surface area contributed by atoms with Gasteiger partial charge in [0.05, 0.1) is 0 Å². The minimum Gasteiger partial charge on any atom is -0.299 e. The molecule has 0 aliphatic carbocycles. The Hall–Kier alpha value is -2.22. The predicted molar refractivity (Wildman–Crippen MR) is 63.8 cm³/mol. The van der Waals surface area contributed by atoms with Gasteiger partial charge in [0.15, 0.2) is 0 Å². The Morgan fingerprint density at radius 3 is 2.19 bits per heavy atom. The van der Waals surface area contributed by atoms with Crippen LogP contribution in [-0.4, -0.2) is 11.3 Å². The van der Waals surface area contributed by atoms with Gasteiger partial charge in [0.1, 0.15) is 6.29 Å². The molecule has 2 rings (SSSR count). The van der Waals surface area contributed by atoms with Crippen molar-refractivity contribution in [3.63, 3.8) is 0 Å². The number of benzene rings is 1. The normalized spacial score (nSPS) is 11.1. The van der Waals surface area contributed by atoms with Crippen LogP contribution < -0.4 is 0 Å². The van der Waals surface area contributed by atoms with E-state index in [9.17, 15) is 4.79 Å². The van der Waals surface area contributed by atoms with Crippen molar-refractivity contribution in [1.29, 1.82) is 0 Å². The van der Waals surface area contributed by atoms with Gasteiger partial charge in [-0.1, -0.05) is 30.3 Å². The summed E-state index contributed by atoms with van der Waals surface area (Å²) in [5.74, 6) is 0. The fraction of sp³-hybridized carbons (Fsp3) is 0. The van der Waals surface area contributed by atoms with Gasteiger partial charge in [-0.2, -0.15) is 0 Å². The molecule has 1 aromatic heterocycles. The second-order valence-corrected chi connectivity index (χ2v) is 3.32. The molecule has 0 saturated carbocycles. The number of pyridine rings is 1. The molecule has 0 fully saturated rings. The van der Waals surface area contributed by atoms with Gasteiger partial charge >= 0.3 is 0 Å². The molecule has 1 heterocycles. The third kappa shape index (κ3) is 2.23. The number of allylic oxidation sites excluding steroid dienone is 1. The van der Waals surface area contributed by atoms with E-state index in [-0.39, 0.29) is 0 Å². The fourth-order valence-electron chi connectivity index (χ4n) is 1.58. The van der Waals surface area contributed by atoms with E-state index in [1.165, 1.54) is 0 Å². The molecule has 0 spiro atoms.